The Balaban J connectivity index is 1.73. The molecule has 3 N–H and O–H groups in total. The summed E-state index contributed by atoms with van der Waals surface area (Å²) in [5.74, 6) is -2.90. The number of amides is 3. The number of benzene rings is 1. The number of carbonyl (C=O) groups excluding carboxylic acids is 5. The van der Waals surface area contributed by atoms with Gasteiger partial charge in [0, 0.05) is 64.4 Å². The Hall–Kier alpha value is -4.07. The van der Waals surface area contributed by atoms with Crippen LogP contribution in [0.25, 0.3) is 6.08 Å². The molecule has 1 fully saturated rings. The Morgan fingerprint density at radius 2 is 1.71 bits per heavy atom. The Morgan fingerprint density at radius 3 is 2.33 bits per heavy atom. The van der Waals surface area contributed by atoms with E-state index in [0.29, 0.717) is 24.0 Å². The van der Waals surface area contributed by atoms with Crippen LogP contribution >= 0.6 is 0 Å². The van der Waals surface area contributed by atoms with E-state index in [0.717, 1.165) is 38.5 Å². The maximum absolute atomic E-state index is 13.6. The number of ether oxygens (including phenoxy) is 4. The molecule has 1 aliphatic carbocycles. The van der Waals surface area contributed by atoms with Gasteiger partial charge in [-0.25, -0.2) is 4.79 Å². The van der Waals surface area contributed by atoms with Crippen molar-refractivity contribution in [2.75, 3.05) is 27.2 Å². The SMILES string of the molecule is CCCCCC1(CCCCC)OC2C=C(C(=O)NCCC(=O)NC(CO)CCC(=O)OC(C)(C)C)CC(OC(=O)c3cccc(C=CC(=O)N(C)C)c3)C2O1. The van der Waals surface area contributed by atoms with Gasteiger partial charge in [0.15, 0.2) is 5.79 Å². The number of fused-ring (bicyclic) bond motifs is 1. The molecule has 1 aromatic carbocycles. The van der Waals surface area contributed by atoms with Crippen LogP contribution in [0.2, 0.25) is 0 Å². The predicted octanol–water partition coefficient (Wildman–Crippen LogP) is 5.39. The normalized spacial score (nSPS) is 19.6. The summed E-state index contributed by atoms with van der Waals surface area (Å²) in [5, 5.41) is 15.3. The molecule has 306 valence electrons. The van der Waals surface area contributed by atoms with E-state index in [1.54, 1.807) is 71.3 Å². The molecule has 55 heavy (non-hydrogen) atoms. The van der Waals surface area contributed by atoms with Crippen LogP contribution in [0.4, 0.5) is 0 Å². The highest BCUT2D eigenvalue weighted by molar-refractivity contribution is 5.95. The lowest BCUT2D eigenvalue weighted by Crippen LogP contribution is -2.44. The molecule has 13 nitrogen and oxygen atoms in total. The third-order valence-electron chi connectivity index (χ3n) is 9.37. The first-order chi connectivity index (χ1) is 26.1. The lowest BCUT2D eigenvalue weighted by atomic mass is 9.91. The van der Waals surface area contributed by atoms with E-state index in [-0.39, 0.29) is 50.3 Å². The van der Waals surface area contributed by atoms with Crippen molar-refractivity contribution in [3.8, 4) is 0 Å². The smallest absolute Gasteiger partial charge is 0.338 e. The first-order valence-corrected chi connectivity index (χ1v) is 19.8. The summed E-state index contributed by atoms with van der Waals surface area (Å²) in [5.41, 5.74) is 0.650. The first kappa shape index (κ1) is 45.3. The lowest BCUT2D eigenvalue weighted by molar-refractivity contribution is -0.190. The van der Waals surface area contributed by atoms with E-state index in [1.807, 2.05) is 0 Å². The van der Waals surface area contributed by atoms with E-state index < -0.39 is 59.5 Å². The maximum Gasteiger partial charge on any atom is 0.338 e. The highest BCUT2D eigenvalue weighted by Crippen LogP contribution is 2.43. The third-order valence-corrected chi connectivity index (χ3v) is 9.37. The average Bonchev–Trinajstić information content (AvgIpc) is 3.50. The Kier molecular flexibility index (Phi) is 18.0. The molecular weight excluding hydrogens is 706 g/mol. The summed E-state index contributed by atoms with van der Waals surface area (Å²) < 4.78 is 24.8. The van der Waals surface area contributed by atoms with Crippen molar-refractivity contribution in [3.63, 3.8) is 0 Å². The van der Waals surface area contributed by atoms with Crippen LogP contribution in [0.1, 0.15) is 128 Å². The highest BCUT2D eigenvalue weighted by Gasteiger charge is 2.52. The van der Waals surface area contributed by atoms with Crippen molar-refractivity contribution in [2.24, 2.45) is 0 Å². The van der Waals surface area contributed by atoms with Crippen LogP contribution in [-0.2, 0) is 38.1 Å². The summed E-state index contributed by atoms with van der Waals surface area (Å²) in [6.07, 6.45) is 10.2. The minimum absolute atomic E-state index is 0.0107. The second-order valence-electron chi connectivity index (χ2n) is 15.6. The van der Waals surface area contributed by atoms with Gasteiger partial charge in [-0.1, -0.05) is 51.7 Å². The number of aliphatic hydroxyl groups excluding tert-OH is 1. The fraction of sp³-hybridized carbons (Fsp3) is 0.643. The Morgan fingerprint density at radius 1 is 1.02 bits per heavy atom. The fourth-order valence-corrected chi connectivity index (χ4v) is 6.49. The topological polar surface area (TPSA) is 170 Å². The number of hydrogen-bond acceptors (Lipinski definition) is 10. The molecule has 0 saturated carbocycles. The monoisotopic (exact) mass is 769 g/mol. The van der Waals surface area contributed by atoms with Crippen LogP contribution in [0, 0.1) is 0 Å². The molecule has 13 heteroatoms. The molecule has 3 amide bonds. The zero-order chi connectivity index (χ0) is 40.6. The molecule has 4 unspecified atom stereocenters. The average molecular weight is 770 g/mol. The standard InChI is InChI=1S/C42H63N3O10/c1-8-10-12-22-42(23-13-11-9-2)53-34-27-31(39(50)43-24-21-35(47)44-32(28-46)18-20-37(49)54-41(3,4)5)26-33(38(34)55-42)52-40(51)30-16-14-15-29(25-30)17-19-36(48)45(6)7/h14-17,19,25,27,32-34,38,46H,8-13,18,20-24,26,28H2,1-7H3,(H,43,50)(H,44,47). The molecule has 1 heterocycles. The van der Waals surface area contributed by atoms with Gasteiger partial charge in [0.2, 0.25) is 17.7 Å². The van der Waals surface area contributed by atoms with Gasteiger partial charge < -0.3 is 39.6 Å². The molecule has 4 atom stereocenters. The van der Waals surface area contributed by atoms with Gasteiger partial charge in [-0.15, -0.1) is 0 Å². The Labute approximate surface area is 326 Å². The van der Waals surface area contributed by atoms with Crippen LogP contribution < -0.4 is 10.6 Å². The van der Waals surface area contributed by atoms with Crippen LogP contribution in [0.15, 0.2) is 42.0 Å². The van der Waals surface area contributed by atoms with Gasteiger partial charge in [0.25, 0.3) is 0 Å². The van der Waals surface area contributed by atoms with Gasteiger partial charge in [0.05, 0.1) is 18.2 Å². The molecule has 2 aliphatic rings. The van der Waals surface area contributed by atoms with Crippen LogP contribution in [-0.4, -0.2) is 103 Å². The number of nitrogens with one attached hydrogen (secondary N) is 2. The zero-order valence-corrected chi connectivity index (χ0v) is 33.8. The first-order valence-electron chi connectivity index (χ1n) is 19.8. The van der Waals surface area contributed by atoms with Crippen molar-refractivity contribution in [1.82, 2.24) is 15.5 Å². The van der Waals surface area contributed by atoms with E-state index in [1.165, 1.54) is 11.0 Å². The number of nitrogens with zero attached hydrogens (tertiary/aromatic N) is 1. The van der Waals surface area contributed by atoms with Crippen molar-refractivity contribution in [2.45, 2.75) is 147 Å². The number of unbranched alkanes of at least 4 members (excludes halogenated alkanes) is 4. The van der Waals surface area contributed by atoms with E-state index in [2.05, 4.69) is 24.5 Å². The summed E-state index contributed by atoms with van der Waals surface area (Å²) in [7, 11) is 3.31. The van der Waals surface area contributed by atoms with Gasteiger partial charge in [-0.2, -0.15) is 0 Å². The van der Waals surface area contributed by atoms with Crippen molar-refractivity contribution >= 4 is 35.7 Å². The summed E-state index contributed by atoms with van der Waals surface area (Å²) in [4.78, 5) is 65.5. The van der Waals surface area contributed by atoms with Crippen molar-refractivity contribution < 1.29 is 48.0 Å². The zero-order valence-electron chi connectivity index (χ0n) is 33.8. The van der Waals surface area contributed by atoms with Crippen molar-refractivity contribution in [3.05, 3.63) is 53.1 Å². The third kappa shape index (κ3) is 15.2. The molecule has 3 rings (SSSR count). The molecule has 0 bridgehead atoms. The molecule has 0 spiro atoms. The molecule has 0 aromatic heterocycles. The van der Waals surface area contributed by atoms with Gasteiger partial charge in [-0.05, 0) is 69.9 Å². The minimum Gasteiger partial charge on any atom is -0.460 e. The lowest BCUT2D eigenvalue weighted by Gasteiger charge is -2.31. The maximum atomic E-state index is 13.6. The van der Waals surface area contributed by atoms with Crippen molar-refractivity contribution in [1.29, 1.82) is 0 Å². The summed E-state index contributed by atoms with van der Waals surface area (Å²) >= 11 is 0. The number of carbonyl (C=O) groups is 5. The molecular formula is C42H63N3O10. The van der Waals surface area contributed by atoms with Crippen LogP contribution in [0.5, 0.6) is 0 Å². The quantitative estimate of drug-likeness (QED) is 0.0838. The largest absolute Gasteiger partial charge is 0.460 e. The molecule has 1 aliphatic heterocycles. The van der Waals surface area contributed by atoms with E-state index in [4.69, 9.17) is 18.9 Å². The van der Waals surface area contributed by atoms with Crippen LogP contribution in [0.3, 0.4) is 0 Å². The Bertz CT molecular complexity index is 1500. The van der Waals surface area contributed by atoms with Gasteiger partial charge in [0.1, 0.15) is 23.9 Å². The number of rotatable bonds is 21. The predicted molar refractivity (Wildman–Crippen MR) is 209 cm³/mol. The molecule has 0 radical (unpaired) electrons. The van der Waals surface area contributed by atoms with E-state index >= 15 is 0 Å². The number of hydrogen-bond donors (Lipinski definition) is 3. The number of esters is 2. The molecule has 1 saturated heterocycles. The van der Waals surface area contributed by atoms with E-state index in [9.17, 15) is 29.1 Å². The fourth-order valence-electron chi connectivity index (χ4n) is 6.49. The summed E-state index contributed by atoms with van der Waals surface area (Å²) in [6.45, 7) is 9.22. The summed E-state index contributed by atoms with van der Waals surface area (Å²) in [6, 6.07) is 6.12. The second-order valence-corrected chi connectivity index (χ2v) is 15.6. The highest BCUT2D eigenvalue weighted by atomic mass is 16.8. The number of likely N-dealkylation sites (N-methyl/N-ethyl adjacent to an activating group) is 1. The molecule has 1 aromatic rings. The van der Waals surface area contributed by atoms with Gasteiger partial charge >= 0.3 is 11.9 Å². The number of aliphatic hydroxyl groups is 1. The second kappa shape index (κ2) is 21.9. The minimum atomic E-state index is -0.874. The van der Waals surface area contributed by atoms with Gasteiger partial charge in [-0.3, -0.25) is 19.2 Å².